The summed E-state index contributed by atoms with van der Waals surface area (Å²) in [6.45, 7) is 3.27. The minimum absolute atomic E-state index is 0.969. The van der Waals surface area contributed by atoms with Crippen molar-refractivity contribution in [3.05, 3.63) is 28.7 Å². The smallest absolute Gasteiger partial charge is 0.0682 e. The molecular weight excluding hydrogens is 228 g/mol. The Labute approximate surface area is 87.1 Å². The van der Waals surface area contributed by atoms with Gasteiger partial charge in [-0.25, -0.2) is 0 Å². The zero-order valence-electron chi connectivity index (χ0n) is 7.46. The van der Waals surface area contributed by atoms with Gasteiger partial charge in [-0.2, -0.15) is 0 Å². The van der Waals surface area contributed by atoms with E-state index >= 15 is 0 Å². The Kier molecular flexibility index (Phi) is 2.86. The first-order chi connectivity index (χ1) is 6.36. The molecule has 1 aromatic carbocycles. The van der Waals surface area contributed by atoms with Gasteiger partial charge >= 0.3 is 0 Å². The van der Waals surface area contributed by atoms with E-state index in [4.69, 9.17) is 0 Å². The lowest BCUT2D eigenvalue weighted by Crippen LogP contribution is -2.41. The summed E-state index contributed by atoms with van der Waals surface area (Å²) in [5.41, 5.74) is 1.29. The molecule has 1 saturated heterocycles. The van der Waals surface area contributed by atoms with Crippen molar-refractivity contribution in [1.82, 2.24) is 5.32 Å². The van der Waals surface area contributed by atoms with Crippen LogP contribution in [0.2, 0.25) is 0 Å². The molecule has 2 rings (SSSR count). The molecule has 1 heterocycles. The number of nitrogens with one attached hydrogen (secondary N) is 1. The molecule has 0 aromatic heterocycles. The van der Waals surface area contributed by atoms with Gasteiger partial charge in [0, 0.05) is 16.7 Å². The average molecular weight is 241 g/mol. The Bertz CT molecular complexity index is 282. The number of rotatable bonds is 1. The van der Waals surface area contributed by atoms with E-state index in [-0.39, 0.29) is 0 Å². The topological polar surface area (TPSA) is 15.3 Å². The Balaban J connectivity index is 2.14. The maximum Gasteiger partial charge on any atom is 0.0682 e. The molecule has 0 spiro atoms. The van der Waals surface area contributed by atoms with E-state index in [1.807, 2.05) is 0 Å². The van der Waals surface area contributed by atoms with Crippen LogP contribution in [0.15, 0.2) is 28.7 Å². The molecule has 1 N–H and O–H groups in total. The van der Waals surface area contributed by atoms with Crippen LogP contribution in [0.5, 0.6) is 0 Å². The molecule has 0 amide bonds. The first-order valence-corrected chi connectivity index (χ1v) is 5.37. The number of hydrogen-bond donors (Lipinski definition) is 1. The Hall–Kier alpha value is -0.540. The summed E-state index contributed by atoms with van der Waals surface area (Å²) in [6, 6.07) is 8.44. The predicted octanol–water partition coefficient (Wildman–Crippen LogP) is 2.21. The highest BCUT2D eigenvalue weighted by Crippen LogP contribution is 2.20. The Morgan fingerprint density at radius 1 is 1.38 bits per heavy atom. The second-order valence-electron chi connectivity index (χ2n) is 3.25. The van der Waals surface area contributed by atoms with Gasteiger partial charge in [-0.15, -0.1) is 0 Å². The molecule has 0 atom stereocenters. The maximum atomic E-state index is 3.48. The summed E-state index contributed by atoms with van der Waals surface area (Å²) < 4.78 is 1.15. The Morgan fingerprint density at radius 3 is 3.00 bits per heavy atom. The van der Waals surface area contributed by atoms with Crippen molar-refractivity contribution in [3.63, 3.8) is 0 Å². The van der Waals surface area contributed by atoms with Crippen molar-refractivity contribution < 1.29 is 0 Å². The van der Waals surface area contributed by atoms with Crippen LogP contribution >= 0.6 is 15.9 Å². The van der Waals surface area contributed by atoms with Gasteiger partial charge in [0.2, 0.25) is 0 Å². The highest BCUT2D eigenvalue weighted by Gasteiger charge is 2.09. The summed E-state index contributed by atoms with van der Waals surface area (Å²) in [5, 5.41) is 3.36. The molecule has 0 saturated carbocycles. The van der Waals surface area contributed by atoms with Crippen LogP contribution in [-0.4, -0.2) is 19.8 Å². The highest BCUT2D eigenvalue weighted by molar-refractivity contribution is 9.10. The van der Waals surface area contributed by atoms with Gasteiger partial charge in [-0.3, -0.25) is 5.32 Å². The number of anilines is 1. The number of halogens is 1. The summed E-state index contributed by atoms with van der Waals surface area (Å²) in [7, 11) is 0. The molecular formula is C10H13BrN2. The molecule has 1 fully saturated rings. The summed E-state index contributed by atoms with van der Waals surface area (Å²) >= 11 is 3.48. The number of benzene rings is 1. The third kappa shape index (κ3) is 2.23. The summed E-state index contributed by atoms with van der Waals surface area (Å²) in [5.74, 6) is 0. The van der Waals surface area contributed by atoms with Crippen LogP contribution in [0.3, 0.4) is 0 Å². The summed E-state index contributed by atoms with van der Waals surface area (Å²) in [6.07, 6.45) is 1.23. The fourth-order valence-electron chi connectivity index (χ4n) is 1.58. The molecule has 13 heavy (non-hydrogen) atoms. The van der Waals surface area contributed by atoms with Crippen LogP contribution < -0.4 is 10.2 Å². The quantitative estimate of drug-likeness (QED) is 0.810. The lowest BCUT2D eigenvalue weighted by atomic mass is 10.2. The third-order valence-corrected chi connectivity index (χ3v) is 2.75. The van der Waals surface area contributed by atoms with Gasteiger partial charge in [0.15, 0.2) is 0 Å². The van der Waals surface area contributed by atoms with E-state index in [9.17, 15) is 0 Å². The average Bonchev–Trinajstić information content (AvgIpc) is 2.19. The van der Waals surface area contributed by atoms with Gasteiger partial charge in [-0.1, -0.05) is 22.0 Å². The summed E-state index contributed by atoms with van der Waals surface area (Å²) in [4.78, 5) is 2.36. The van der Waals surface area contributed by atoms with Crippen LogP contribution in [0, 0.1) is 0 Å². The van der Waals surface area contributed by atoms with E-state index in [1.54, 1.807) is 0 Å². The molecule has 1 aliphatic heterocycles. The number of nitrogens with zero attached hydrogens (tertiary/aromatic N) is 1. The van der Waals surface area contributed by atoms with Gasteiger partial charge in [0.1, 0.15) is 0 Å². The minimum Gasteiger partial charge on any atom is -0.359 e. The fourth-order valence-corrected chi connectivity index (χ4v) is 1.97. The molecule has 1 aromatic rings. The molecule has 2 nitrogen and oxygen atoms in total. The highest BCUT2D eigenvalue weighted by atomic mass is 79.9. The molecule has 3 heteroatoms. The molecule has 0 aliphatic carbocycles. The van der Waals surface area contributed by atoms with E-state index in [1.165, 1.54) is 12.1 Å². The normalized spacial score (nSPS) is 17.5. The van der Waals surface area contributed by atoms with E-state index in [0.29, 0.717) is 0 Å². The molecule has 70 valence electrons. The van der Waals surface area contributed by atoms with Crippen molar-refractivity contribution in [2.75, 3.05) is 24.7 Å². The van der Waals surface area contributed by atoms with Gasteiger partial charge in [-0.05, 0) is 31.2 Å². The zero-order valence-corrected chi connectivity index (χ0v) is 9.05. The predicted molar refractivity (Wildman–Crippen MR) is 59.0 cm³/mol. The molecule has 0 radical (unpaired) electrons. The van der Waals surface area contributed by atoms with Crippen molar-refractivity contribution in [2.24, 2.45) is 0 Å². The van der Waals surface area contributed by atoms with Crippen LogP contribution in [-0.2, 0) is 0 Å². The van der Waals surface area contributed by atoms with Crippen molar-refractivity contribution >= 4 is 21.6 Å². The van der Waals surface area contributed by atoms with Crippen LogP contribution in [0.4, 0.5) is 5.69 Å². The second kappa shape index (κ2) is 4.11. The monoisotopic (exact) mass is 240 g/mol. The largest absolute Gasteiger partial charge is 0.359 e. The third-order valence-electron chi connectivity index (χ3n) is 2.26. The van der Waals surface area contributed by atoms with Crippen LogP contribution in [0.1, 0.15) is 6.42 Å². The lowest BCUT2D eigenvalue weighted by Gasteiger charge is -2.29. The van der Waals surface area contributed by atoms with Gasteiger partial charge in [0.25, 0.3) is 0 Å². The Morgan fingerprint density at radius 2 is 2.31 bits per heavy atom. The maximum absolute atomic E-state index is 3.48. The van der Waals surface area contributed by atoms with Gasteiger partial charge < -0.3 is 4.90 Å². The van der Waals surface area contributed by atoms with Crippen molar-refractivity contribution in [1.29, 1.82) is 0 Å². The van der Waals surface area contributed by atoms with E-state index < -0.39 is 0 Å². The lowest BCUT2D eigenvalue weighted by molar-refractivity contribution is 0.553. The minimum atomic E-state index is 0.969. The van der Waals surface area contributed by atoms with E-state index in [2.05, 4.69) is 50.4 Å². The standard InChI is InChI=1S/C10H13BrN2/c11-9-3-1-4-10(7-9)13-6-2-5-12-8-13/h1,3-4,7,12H,2,5-6,8H2. The van der Waals surface area contributed by atoms with Crippen LogP contribution in [0.25, 0.3) is 0 Å². The van der Waals surface area contributed by atoms with Crippen molar-refractivity contribution in [2.45, 2.75) is 6.42 Å². The number of hydrogen-bond acceptors (Lipinski definition) is 2. The van der Waals surface area contributed by atoms with E-state index in [0.717, 1.165) is 24.2 Å². The first-order valence-electron chi connectivity index (χ1n) is 4.57. The molecule has 0 bridgehead atoms. The van der Waals surface area contributed by atoms with Crippen molar-refractivity contribution in [3.8, 4) is 0 Å². The van der Waals surface area contributed by atoms with Gasteiger partial charge in [0.05, 0.1) is 6.67 Å². The SMILES string of the molecule is Brc1cccc(N2CCCNC2)c1. The fraction of sp³-hybridized carbons (Fsp3) is 0.400. The second-order valence-corrected chi connectivity index (χ2v) is 4.17. The molecule has 0 unspecified atom stereocenters. The first kappa shape index (κ1) is 9.03. The zero-order chi connectivity index (χ0) is 9.10. The molecule has 1 aliphatic rings.